The van der Waals surface area contributed by atoms with Crippen LogP contribution in [0.1, 0.15) is 32.3 Å². The fourth-order valence-electron chi connectivity index (χ4n) is 2.41. The summed E-state index contributed by atoms with van der Waals surface area (Å²) in [5.41, 5.74) is 7.65. The Morgan fingerprint density at radius 2 is 1.89 bits per heavy atom. The molecule has 0 radical (unpaired) electrons. The highest BCUT2D eigenvalue weighted by Crippen LogP contribution is 2.30. The smallest absolute Gasteiger partial charge is 0.0208 e. The van der Waals surface area contributed by atoms with Gasteiger partial charge in [-0.1, -0.05) is 30.3 Å². The molecule has 1 aromatic carbocycles. The Morgan fingerprint density at radius 3 is 2.44 bits per heavy atom. The predicted molar refractivity (Wildman–Crippen MR) is 77.6 cm³/mol. The number of rotatable bonds is 7. The minimum Gasteiger partial charge on any atom is -0.326 e. The van der Waals surface area contributed by atoms with E-state index in [1.165, 1.54) is 24.9 Å². The normalized spacial score (nSPS) is 17.4. The maximum Gasteiger partial charge on any atom is 0.0208 e. The van der Waals surface area contributed by atoms with Gasteiger partial charge in [0.1, 0.15) is 0 Å². The summed E-state index contributed by atoms with van der Waals surface area (Å²) < 4.78 is 0. The van der Waals surface area contributed by atoms with Gasteiger partial charge in [0.25, 0.3) is 0 Å². The van der Waals surface area contributed by atoms with Gasteiger partial charge in [-0.2, -0.15) is 0 Å². The number of nitrogens with two attached hydrogens (primary N) is 1. The van der Waals surface area contributed by atoms with Gasteiger partial charge in [-0.25, -0.2) is 0 Å². The molecule has 18 heavy (non-hydrogen) atoms. The fraction of sp³-hybridized carbons (Fsp3) is 0.625. The lowest BCUT2D eigenvalue weighted by molar-refractivity contribution is 0.199. The van der Waals surface area contributed by atoms with Crippen molar-refractivity contribution < 1.29 is 0 Å². The maximum absolute atomic E-state index is 6.30. The summed E-state index contributed by atoms with van der Waals surface area (Å²) in [7, 11) is 0. The zero-order valence-corrected chi connectivity index (χ0v) is 11.7. The van der Waals surface area contributed by atoms with Gasteiger partial charge in [-0.05, 0) is 44.6 Å². The van der Waals surface area contributed by atoms with Gasteiger partial charge in [0, 0.05) is 25.2 Å². The lowest BCUT2D eigenvalue weighted by Gasteiger charge is -2.29. The lowest BCUT2D eigenvalue weighted by atomic mass is 10.1. The molecule has 0 spiro atoms. The zero-order chi connectivity index (χ0) is 13.0. The highest BCUT2D eigenvalue weighted by atomic mass is 15.2. The van der Waals surface area contributed by atoms with Gasteiger partial charge in [-0.15, -0.1) is 0 Å². The third-order valence-electron chi connectivity index (χ3n) is 3.73. The molecule has 1 aliphatic rings. The average Bonchev–Trinajstić information content (AvgIpc) is 3.13. The van der Waals surface area contributed by atoms with Gasteiger partial charge >= 0.3 is 0 Å². The van der Waals surface area contributed by atoms with Crippen LogP contribution in [0.3, 0.4) is 0 Å². The monoisotopic (exact) mass is 246 g/mol. The molecule has 1 unspecified atom stereocenters. The van der Waals surface area contributed by atoms with Crippen LogP contribution in [-0.2, 0) is 6.42 Å². The Hall–Kier alpha value is -0.860. The Balaban J connectivity index is 1.82. The number of nitrogens with zero attached hydrogens (tertiary/aromatic N) is 1. The Labute approximate surface area is 111 Å². The van der Waals surface area contributed by atoms with Gasteiger partial charge in [-0.3, -0.25) is 4.90 Å². The van der Waals surface area contributed by atoms with Crippen molar-refractivity contribution in [1.82, 2.24) is 4.90 Å². The van der Waals surface area contributed by atoms with E-state index in [-0.39, 0.29) is 6.04 Å². The number of hydrogen-bond donors (Lipinski definition) is 1. The van der Waals surface area contributed by atoms with Crippen LogP contribution >= 0.6 is 0 Å². The first-order valence-corrected chi connectivity index (χ1v) is 7.18. The summed E-state index contributed by atoms with van der Waals surface area (Å²) in [6, 6.07) is 11.4. The molecule has 100 valence electrons. The Morgan fingerprint density at radius 1 is 1.22 bits per heavy atom. The van der Waals surface area contributed by atoms with Gasteiger partial charge in [0.2, 0.25) is 0 Å². The second-order valence-corrected chi connectivity index (χ2v) is 5.94. The summed E-state index contributed by atoms with van der Waals surface area (Å²) in [5.74, 6) is 0.941. The van der Waals surface area contributed by atoms with E-state index in [0.717, 1.165) is 18.9 Å². The molecule has 1 fully saturated rings. The number of benzene rings is 1. The van der Waals surface area contributed by atoms with Crippen LogP contribution in [0, 0.1) is 5.92 Å². The molecule has 0 heterocycles. The van der Waals surface area contributed by atoms with Crippen LogP contribution in [0.25, 0.3) is 0 Å². The molecule has 2 rings (SSSR count). The highest BCUT2D eigenvalue weighted by Gasteiger charge is 2.26. The van der Waals surface area contributed by atoms with E-state index in [1.807, 2.05) is 0 Å². The largest absolute Gasteiger partial charge is 0.326 e. The predicted octanol–water partition coefficient (Wildman–Crippen LogP) is 2.68. The van der Waals surface area contributed by atoms with Crippen molar-refractivity contribution in [2.45, 2.75) is 45.2 Å². The molecule has 0 amide bonds. The summed E-state index contributed by atoms with van der Waals surface area (Å²) in [4.78, 5) is 2.55. The van der Waals surface area contributed by atoms with Crippen molar-refractivity contribution in [2.75, 3.05) is 13.1 Å². The van der Waals surface area contributed by atoms with Gasteiger partial charge < -0.3 is 5.73 Å². The molecule has 2 nitrogen and oxygen atoms in total. The molecule has 0 aromatic heterocycles. The molecule has 2 N–H and O–H groups in total. The summed E-state index contributed by atoms with van der Waals surface area (Å²) >= 11 is 0. The van der Waals surface area contributed by atoms with E-state index in [4.69, 9.17) is 5.73 Å². The van der Waals surface area contributed by atoms with Gasteiger partial charge in [0.05, 0.1) is 0 Å². The SMILES string of the molecule is CC(C)N(CC(N)Cc1ccccc1)CC1CC1. The topological polar surface area (TPSA) is 29.3 Å². The van der Waals surface area contributed by atoms with Crippen LogP contribution in [0.4, 0.5) is 0 Å². The van der Waals surface area contributed by atoms with Crippen molar-refractivity contribution in [2.24, 2.45) is 11.7 Å². The Bertz CT molecular complexity index is 343. The third-order valence-corrected chi connectivity index (χ3v) is 3.73. The molecule has 1 saturated carbocycles. The minimum atomic E-state index is 0.244. The first-order valence-electron chi connectivity index (χ1n) is 7.18. The molecule has 1 atom stereocenters. The molecular weight excluding hydrogens is 220 g/mol. The van der Waals surface area contributed by atoms with E-state index in [1.54, 1.807) is 0 Å². The minimum absolute atomic E-state index is 0.244. The second-order valence-electron chi connectivity index (χ2n) is 5.94. The summed E-state index contributed by atoms with van der Waals surface area (Å²) in [6.45, 7) is 6.80. The molecule has 0 saturated heterocycles. The average molecular weight is 246 g/mol. The molecule has 1 aliphatic carbocycles. The van der Waals surface area contributed by atoms with Crippen LogP contribution in [0.5, 0.6) is 0 Å². The molecular formula is C16H26N2. The van der Waals surface area contributed by atoms with E-state index in [2.05, 4.69) is 49.1 Å². The summed E-state index contributed by atoms with van der Waals surface area (Å²) in [5, 5.41) is 0. The van der Waals surface area contributed by atoms with Crippen molar-refractivity contribution in [1.29, 1.82) is 0 Å². The first-order chi connectivity index (χ1) is 8.65. The van der Waals surface area contributed by atoms with E-state index < -0.39 is 0 Å². The van der Waals surface area contributed by atoms with Crippen molar-refractivity contribution in [3.05, 3.63) is 35.9 Å². The first kappa shape index (κ1) is 13.6. The number of hydrogen-bond acceptors (Lipinski definition) is 2. The molecule has 2 heteroatoms. The van der Waals surface area contributed by atoms with E-state index in [9.17, 15) is 0 Å². The van der Waals surface area contributed by atoms with E-state index >= 15 is 0 Å². The molecule has 1 aromatic rings. The Kier molecular flexibility index (Phi) is 4.79. The van der Waals surface area contributed by atoms with Crippen molar-refractivity contribution in [3.8, 4) is 0 Å². The highest BCUT2D eigenvalue weighted by molar-refractivity contribution is 5.15. The van der Waals surface area contributed by atoms with Crippen molar-refractivity contribution in [3.63, 3.8) is 0 Å². The van der Waals surface area contributed by atoms with Crippen LogP contribution in [-0.4, -0.2) is 30.1 Å². The van der Waals surface area contributed by atoms with Crippen LogP contribution in [0.15, 0.2) is 30.3 Å². The van der Waals surface area contributed by atoms with Crippen molar-refractivity contribution >= 4 is 0 Å². The molecule has 0 aliphatic heterocycles. The zero-order valence-electron chi connectivity index (χ0n) is 11.7. The van der Waals surface area contributed by atoms with Crippen LogP contribution in [0.2, 0.25) is 0 Å². The lowest BCUT2D eigenvalue weighted by Crippen LogP contribution is -2.43. The van der Waals surface area contributed by atoms with Crippen LogP contribution < -0.4 is 5.73 Å². The standard InChI is InChI=1S/C16H26N2/c1-13(2)18(11-15-8-9-15)12-16(17)10-14-6-4-3-5-7-14/h3-7,13,15-16H,8-12,17H2,1-2H3. The quantitative estimate of drug-likeness (QED) is 0.801. The fourth-order valence-corrected chi connectivity index (χ4v) is 2.41. The van der Waals surface area contributed by atoms with E-state index in [0.29, 0.717) is 6.04 Å². The third kappa shape index (κ3) is 4.43. The second kappa shape index (κ2) is 6.35. The molecule has 0 bridgehead atoms. The summed E-state index contributed by atoms with van der Waals surface area (Å²) in [6.07, 6.45) is 3.81. The maximum atomic E-state index is 6.30. The van der Waals surface area contributed by atoms with Gasteiger partial charge in [0.15, 0.2) is 0 Å².